The van der Waals surface area contributed by atoms with Gasteiger partial charge in [-0.1, -0.05) is 65.9 Å². The fraction of sp³-hybridized carbons (Fsp3) is 0.269. The average molecular weight is 504 g/mol. The minimum Gasteiger partial charge on any atom is -0.207 e. The molecule has 2 atom stereocenters. The minimum absolute atomic E-state index is 0.219. The lowest BCUT2D eigenvalue weighted by molar-refractivity contribution is 0.557. The van der Waals surface area contributed by atoms with E-state index in [0.29, 0.717) is 5.16 Å². The second kappa shape index (κ2) is 8.89. The standard InChI is InChI=1S/C26H25N5O2S2/c1-17-12-14-20(15-13-17)35(32,33)30-24-21-10-4-6-18-7-5-11-22(23(18)21)25(24)34-26-28-27-16-31(26)29-19-8-2-3-9-19/h4-7,10-16,24-25,30H,2-3,8-9H2,1H3. The summed E-state index contributed by atoms with van der Waals surface area (Å²) < 4.78 is 31.6. The van der Waals surface area contributed by atoms with E-state index in [9.17, 15) is 8.42 Å². The maximum atomic E-state index is 13.4. The highest BCUT2D eigenvalue weighted by atomic mass is 32.2. The number of nitrogens with zero attached hydrogens (tertiary/aromatic N) is 4. The van der Waals surface area contributed by atoms with Crippen LogP contribution in [0.5, 0.6) is 0 Å². The van der Waals surface area contributed by atoms with E-state index in [4.69, 9.17) is 5.10 Å². The average Bonchev–Trinajstić information content (AvgIpc) is 3.59. The second-order valence-corrected chi connectivity index (χ2v) is 11.9. The van der Waals surface area contributed by atoms with Crippen molar-refractivity contribution in [2.24, 2.45) is 5.10 Å². The lowest BCUT2D eigenvalue weighted by Gasteiger charge is -2.22. The van der Waals surface area contributed by atoms with Crippen molar-refractivity contribution in [1.82, 2.24) is 19.6 Å². The summed E-state index contributed by atoms with van der Waals surface area (Å²) in [6, 6.07) is 18.7. The molecule has 1 aromatic heterocycles. The summed E-state index contributed by atoms with van der Waals surface area (Å²) >= 11 is 1.50. The molecule has 1 fully saturated rings. The van der Waals surface area contributed by atoms with Crippen molar-refractivity contribution >= 4 is 38.3 Å². The maximum Gasteiger partial charge on any atom is 0.241 e. The number of sulfonamides is 1. The largest absolute Gasteiger partial charge is 0.241 e. The fourth-order valence-corrected chi connectivity index (χ4v) is 7.47. The molecule has 3 aromatic carbocycles. The number of hydrogen-bond acceptors (Lipinski definition) is 6. The summed E-state index contributed by atoms with van der Waals surface area (Å²) in [5.74, 6) is 0. The molecule has 178 valence electrons. The van der Waals surface area contributed by atoms with Crippen molar-refractivity contribution in [2.45, 2.75) is 54.0 Å². The number of nitrogens with one attached hydrogen (secondary N) is 1. The number of aryl methyl sites for hydroxylation is 1. The Bertz CT molecular complexity index is 1530. The van der Waals surface area contributed by atoms with Gasteiger partial charge in [-0.25, -0.2) is 13.1 Å². The molecule has 9 heteroatoms. The van der Waals surface area contributed by atoms with Crippen LogP contribution in [0.15, 0.2) is 82.1 Å². The summed E-state index contributed by atoms with van der Waals surface area (Å²) in [4.78, 5) is 0.255. The zero-order valence-electron chi connectivity index (χ0n) is 19.3. The molecular formula is C26H25N5O2S2. The quantitative estimate of drug-likeness (QED) is 0.381. The highest BCUT2D eigenvalue weighted by Crippen LogP contribution is 2.53. The first-order chi connectivity index (χ1) is 17.0. The molecule has 2 unspecified atom stereocenters. The number of rotatable bonds is 6. The second-order valence-electron chi connectivity index (χ2n) is 9.07. The van der Waals surface area contributed by atoms with E-state index in [1.54, 1.807) is 23.1 Å². The summed E-state index contributed by atoms with van der Waals surface area (Å²) in [6.45, 7) is 1.94. The first-order valence-electron chi connectivity index (χ1n) is 11.7. The van der Waals surface area contributed by atoms with Crippen molar-refractivity contribution in [3.8, 4) is 0 Å². The van der Waals surface area contributed by atoms with Crippen LogP contribution in [0.3, 0.4) is 0 Å². The zero-order chi connectivity index (χ0) is 24.0. The van der Waals surface area contributed by atoms with Gasteiger partial charge in [0.05, 0.1) is 16.2 Å². The van der Waals surface area contributed by atoms with E-state index in [2.05, 4.69) is 33.1 Å². The van der Waals surface area contributed by atoms with Gasteiger partial charge in [-0.3, -0.25) is 0 Å². The van der Waals surface area contributed by atoms with E-state index >= 15 is 0 Å². The molecule has 2 aliphatic carbocycles. The highest BCUT2D eigenvalue weighted by Gasteiger charge is 2.38. The third-order valence-corrected chi connectivity index (χ3v) is 9.41. The molecule has 6 rings (SSSR count). The topological polar surface area (TPSA) is 89.2 Å². The van der Waals surface area contributed by atoms with E-state index in [1.165, 1.54) is 11.8 Å². The molecule has 4 aromatic rings. The first-order valence-corrected chi connectivity index (χ1v) is 14.1. The summed E-state index contributed by atoms with van der Waals surface area (Å²) in [5.41, 5.74) is 4.22. The Labute approximate surface area is 208 Å². The zero-order valence-corrected chi connectivity index (χ0v) is 20.9. The Morgan fingerprint density at radius 3 is 2.46 bits per heavy atom. The van der Waals surface area contributed by atoms with Gasteiger partial charge in [0.2, 0.25) is 15.2 Å². The summed E-state index contributed by atoms with van der Waals surface area (Å²) in [5, 5.41) is 15.8. The fourth-order valence-electron chi connectivity index (χ4n) is 4.96. The van der Waals surface area contributed by atoms with Gasteiger partial charge in [0.25, 0.3) is 0 Å². The van der Waals surface area contributed by atoms with Crippen molar-refractivity contribution in [1.29, 1.82) is 0 Å². The molecule has 0 radical (unpaired) electrons. The van der Waals surface area contributed by atoms with Crippen LogP contribution in [0.4, 0.5) is 0 Å². The van der Waals surface area contributed by atoms with Crippen molar-refractivity contribution in [2.75, 3.05) is 0 Å². The number of benzene rings is 3. The van der Waals surface area contributed by atoms with Gasteiger partial charge in [-0.05, 0) is 66.6 Å². The molecule has 0 amide bonds. The predicted molar refractivity (Wildman–Crippen MR) is 138 cm³/mol. The predicted octanol–water partition coefficient (Wildman–Crippen LogP) is 5.38. The molecule has 35 heavy (non-hydrogen) atoms. The van der Waals surface area contributed by atoms with Crippen LogP contribution >= 0.6 is 11.8 Å². The van der Waals surface area contributed by atoms with Crippen LogP contribution in [-0.2, 0) is 10.0 Å². The molecule has 2 aliphatic rings. The Hall–Kier alpha value is -3.01. The van der Waals surface area contributed by atoms with Crippen molar-refractivity contribution in [3.63, 3.8) is 0 Å². The van der Waals surface area contributed by atoms with E-state index in [1.807, 2.05) is 37.3 Å². The van der Waals surface area contributed by atoms with Crippen LogP contribution in [-0.4, -0.2) is 29.0 Å². The van der Waals surface area contributed by atoms with Gasteiger partial charge in [0, 0.05) is 5.71 Å². The molecule has 1 saturated carbocycles. The summed E-state index contributed by atoms with van der Waals surface area (Å²) in [7, 11) is -3.75. The SMILES string of the molecule is Cc1ccc(S(=O)(=O)NC2c3cccc4cccc(c34)C2Sc2nncn2N=C2CCCC2)cc1. The van der Waals surface area contributed by atoms with Crippen molar-refractivity contribution < 1.29 is 8.42 Å². The Kier molecular flexibility index (Phi) is 5.70. The molecular weight excluding hydrogens is 478 g/mol. The Morgan fingerprint density at radius 1 is 1.00 bits per heavy atom. The van der Waals surface area contributed by atoms with Gasteiger partial charge in [-0.2, -0.15) is 9.78 Å². The van der Waals surface area contributed by atoms with Gasteiger partial charge >= 0.3 is 0 Å². The van der Waals surface area contributed by atoms with Crippen LogP contribution in [0.2, 0.25) is 0 Å². The highest BCUT2D eigenvalue weighted by molar-refractivity contribution is 7.99. The van der Waals surface area contributed by atoms with Gasteiger partial charge in [-0.15, -0.1) is 10.2 Å². The molecule has 0 bridgehead atoms. The van der Waals surface area contributed by atoms with Gasteiger partial charge < -0.3 is 0 Å². The third-order valence-electron chi connectivity index (χ3n) is 6.69. The third kappa shape index (κ3) is 4.17. The molecule has 0 spiro atoms. The smallest absolute Gasteiger partial charge is 0.207 e. The van der Waals surface area contributed by atoms with Crippen LogP contribution in [0.25, 0.3) is 10.8 Å². The first kappa shape index (κ1) is 22.5. The minimum atomic E-state index is -3.75. The Balaban J connectivity index is 1.40. The molecule has 1 heterocycles. The monoisotopic (exact) mass is 503 g/mol. The molecule has 7 nitrogen and oxygen atoms in total. The lowest BCUT2D eigenvalue weighted by Crippen LogP contribution is -2.30. The van der Waals surface area contributed by atoms with E-state index in [-0.39, 0.29) is 10.1 Å². The molecule has 0 aliphatic heterocycles. The van der Waals surface area contributed by atoms with Crippen molar-refractivity contribution in [3.05, 3.63) is 83.7 Å². The lowest BCUT2D eigenvalue weighted by atomic mass is 10.1. The van der Waals surface area contributed by atoms with E-state index < -0.39 is 16.1 Å². The summed E-state index contributed by atoms with van der Waals surface area (Å²) in [6.07, 6.45) is 5.94. The number of hydrogen-bond donors (Lipinski definition) is 1. The Morgan fingerprint density at radius 2 is 1.71 bits per heavy atom. The number of thioether (sulfide) groups is 1. The normalized spacial score (nSPS) is 19.5. The number of aromatic nitrogens is 3. The van der Waals surface area contributed by atoms with Gasteiger partial charge in [0.15, 0.2) is 0 Å². The van der Waals surface area contributed by atoms with Gasteiger partial charge in [0.1, 0.15) is 6.33 Å². The molecule has 1 N–H and O–H groups in total. The maximum absolute atomic E-state index is 13.4. The van der Waals surface area contributed by atoms with Crippen LogP contribution < -0.4 is 4.72 Å². The van der Waals surface area contributed by atoms with Crippen LogP contribution in [0, 0.1) is 6.92 Å². The molecule has 0 saturated heterocycles. The van der Waals surface area contributed by atoms with Crippen LogP contribution in [0.1, 0.15) is 53.7 Å². The van der Waals surface area contributed by atoms with E-state index in [0.717, 1.165) is 58.9 Å².